The third-order valence-electron chi connectivity index (χ3n) is 3.42. The molecule has 0 aromatic rings. The first kappa shape index (κ1) is 20.7. The smallest absolute Gasteiger partial charge is 0.193 e. The standard InChI is InChI=1S/C14H27N3O2S.HI/c1-4-6-7-9-17(3)14(15-5-2)16-11-13-8-10-20(18,19)12-13;/h4,13H,1,5-12H2,2-3H3,(H,15,16);1H. The number of sulfone groups is 1. The summed E-state index contributed by atoms with van der Waals surface area (Å²) in [6.07, 6.45) is 4.69. The lowest BCUT2D eigenvalue weighted by atomic mass is 10.1. The second kappa shape index (κ2) is 10.4. The molecular weight excluding hydrogens is 401 g/mol. The maximum atomic E-state index is 11.4. The van der Waals surface area contributed by atoms with E-state index in [1.165, 1.54) is 0 Å². The molecule has 1 atom stereocenters. The second-order valence-corrected chi connectivity index (χ2v) is 7.54. The van der Waals surface area contributed by atoms with Gasteiger partial charge < -0.3 is 10.2 Å². The Bertz CT molecular complexity index is 438. The van der Waals surface area contributed by atoms with E-state index >= 15 is 0 Å². The predicted octanol–water partition coefficient (Wildman–Crippen LogP) is 1.90. The van der Waals surface area contributed by atoms with Gasteiger partial charge in [0.2, 0.25) is 0 Å². The van der Waals surface area contributed by atoms with Crippen molar-refractivity contribution in [2.75, 3.05) is 38.2 Å². The topological polar surface area (TPSA) is 61.8 Å². The van der Waals surface area contributed by atoms with Crippen LogP contribution in [0.15, 0.2) is 17.6 Å². The monoisotopic (exact) mass is 429 g/mol. The molecule has 1 N–H and O–H groups in total. The average Bonchev–Trinajstić information content (AvgIpc) is 2.74. The molecule has 5 nitrogen and oxygen atoms in total. The molecule has 0 spiro atoms. The highest BCUT2D eigenvalue weighted by molar-refractivity contribution is 14.0. The molecule has 124 valence electrons. The first-order valence-corrected chi connectivity index (χ1v) is 9.11. The molecule has 1 saturated heterocycles. The van der Waals surface area contributed by atoms with Crippen LogP contribution in [-0.4, -0.2) is 57.5 Å². The van der Waals surface area contributed by atoms with Gasteiger partial charge in [-0.05, 0) is 32.1 Å². The molecule has 0 radical (unpaired) electrons. The first-order valence-electron chi connectivity index (χ1n) is 7.29. The number of nitrogens with zero attached hydrogens (tertiary/aromatic N) is 2. The molecule has 1 rings (SSSR count). The minimum atomic E-state index is -2.81. The summed E-state index contributed by atoms with van der Waals surface area (Å²) in [4.78, 5) is 6.67. The van der Waals surface area contributed by atoms with E-state index in [1.807, 2.05) is 20.0 Å². The van der Waals surface area contributed by atoms with Crippen LogP contribution in [0.25, 0.3) is 0 Å². The van der Waals surface area contributed by atoms with Crippen molar-refractivity contribution in [3.8, 4) is 0 Å². The van der Waals surface area contributed by atoms with Crippen molar-refractivity contribution in [3.05, 3.63) is 12.7 Å². The van der Waals surface area contributed by atoms with Crippen LogP contribution in [0, 0.1) is 5.92 Å². The molecule has 0 amide bonds. The molecule has 0 saturated carbocycles. The van der Waals surface area contributed by atoms with Gasteiger partial charge in [0.15, 0.2) is 15.8 Å². The van der Waals surface area contributed by atoms with Crippen LogP contribution in [0.2, 0.25) is 0 Å². The molecule has 21 heavy (non-hydrogen) atoms. The Labute approximate surface area is 146 Å². The predicted molar refractivity (Wildman–Crippen MR) is 100 cm³/mol. The highest BCUT2D eigenvalue weighted by atomic mass is 127. The van der Waals surface area contributed by atoms with Crippen molar-refractivity contribution in [2.45, 2.75) is 26.2 Å². The summed E-state index contributed by atoms with van der Waals surface area (Å²) in [7, 11) is -0.798. The fourth-order valence-corrected chi connectivity index (χ4v) is 4.13. The normalized spacial score (nSPS) is 20.7. The van der Waals surface area contributed by atoms with Crippen LogP contribution >= 0.6 is 24.0 Å². The number of rotatable bonds is 7. The van der Waals surface area contributed by atoms with Gasteiger partial charge in [0.1, 0.15) is 0 Å². The molecule has 1 aliphatic heterocycles. The Morgan fingerprint density at radius 1 is 1.52 bits per heavy atom. The van der Waals surface area contributed by atoms with E-state index in [1.54, 1.807) is 0 Å². The molecule has 0 aromatic carbocycles. The van der Waals surface area contributed by atoms with Gasteiger partial charge in [-0.25, -0.2) is 8.42 Å². The van der Waals surface area contributed by atoms with Gasteiger partial charge in [-0.1, -0.05) is 6.08 Å². The minimum absolute atomic E-state index is 0. The summed E-state index contributed by atoms with van der Waals surface area (Å²) in [6, 6.07) is 0. The van der Waals surface area contributed by atoms with Crippen LogP contribution < -0.4 is 5.32 Å². The summed E-state index contributed by atoms with van der Waals surface area (Å²) in [5, 5.41) is 3.25. The van der Waals surface area contributed by atoms with Gasteiger partial charge >= 0.3 is 0 Å². The number of aliphatic imine (C=N–C) groups is 1. The van der Waals surface area contributed by atoms with E-state index in [9.17, 15) is 8.42 Å². The summed E-state index contributed by atoms with van der Waals surface area (Å²) in [5.41, 5.74) is 0. The Balaban J connectivity index is 0.00000400. The summed E-state index contributed by atoms with van der Waals surface area (Å²) >= 11 is 0. The van der Waals surface area contributed by atoms with Crippen LogP contribution in [0.1, 0.15) is 26.2 Å². The lowest BCUT2D eigenvalue weighted by Crippen LogP contribution is -2.39. The summed E-state index contributed by atoms with van der Waals surface area (Å²) in [6.45, 7) is 8.08. The fraction of sp³-hybridized carbons (Fsp3) is 0.786. The van der Waals surface area contributed by atoms with E-state index in [0.29, 0.717) is 12.3 Å². The Morgan fingerprint density at radius 3 is 2.76 bits per heavy atom. The summed E-state index contributed by atoms with van der Waals surface area (Å²) in [5.74, 6) is 1.64. The number of nitrogens with one attached hydrogen (secondary N) is 1. The van der Waals surface area contributed by atoms with Crippen molar-refractivity contribution in [2.24, 2.45) is 10.9 Å². The maximum absolute atomic E-state index is 11.4. The van der Waals surface area contributed by atoms with Gasteiger partial charge in [0.05, 0.1) is 11.5 Å². The Kier molecular flexibility index (Phi) is 10.3. The lowest BCUT2D eigenvalue weighted by molar-refractivity contribution is 0.466. The largest absolute Gasteiger partial charge is 0.357 e. The number of hydrogen-bond acceptors (Lipinski definition) is 3. The summed E-state index contributed by atoms with van der Waals surface area (Å²) < 4.78 is 22.9. The molecular formula is C14H28IN3O2S. The van der Waals surface area contributed by atoms with Crippen molar-refractivity contribution in [1.29, 1.82) is 0 Å². The number of hydrogen-bond donors (Lipinski definition) is 1. The molecule has 1 fully saturated rings. The third-order valence-corrected chi connectivity index (χ3v) is 5.26. The first-order chi connectivity index (χ1) is 9.48. The van der Waals surface area contributed by atoms with Crippen molar-refractivity contribution in [3.63, 3.8) is 0 Å². The SMILES string of the molecule is C=CCCCN(C)C(=NCC1CCS(=O)(=O)C1)NCC.I. The zero-order valence-corrected chi connectivity index (χ0v) is 16.2. The molecule has 7 heteroatoms. The molecule has 0 aliphatic carbocycles. The van der Waals surface area contributed by atoms with Gasteiger partial charge in [-0.2, -0.15) is 0 Å². The van der Waals surface area contributed by atoms with Crippen LogP contribution in [0.4, 0.5) is 0 Å². The highest BCUT2D eigenvalue weighted by Gasteiger charge is 2.27. The number of guanidine groups is 1. The van der Waals surface area contributed by atoms with Crippen LogP contribution in [0.3, 0.4) is 0 Å². The lowest BCUT2D eigenvalue weighted by Gasteiger charge is -2.22. The minimum Gasteiger partial charge on any atom is -0.357 e. The van der Waals surface area contributed by atoms with E-state index in [2.05, 4.69) is 21.8 Å². The van der Waals surface area contributed by atoms with Crippen LogP contribution in [-0.2, 0) is 9.84 Å². The van der Waals surface area contributed by atoms with Crippen molar-refractivity contribution in [1.82, 2.24) is 10.2 Å². The molecule has 1 aliphatic rings. The average molecular weight is 429 g/mol. The number of halogens is 1. The number of unbranched alkanes of at least 4 members (excludes halogenated alkanes) is 1. The van der Waals surface area contributed by atoms with E-state index in [0.717, 1.165) is 38.3 Å². The second-order valence-electron chi connectivity index (χ2n) is 5.32. The molecule has 1 heterocycles. The maximum Gasteiger partial charge on any atom is 0.193 e. The van der Waals surface area contributed by atoms with Gasteiger partial charge in [0, 0.05) is 26.7 Å². The molecule has 0 bridgehead atoms. The Morgan fingerprint density at radius 2 is 2.24 bits per heavy atom. The zero-order chi connectivity index (χ0) is 15.0. The Hall–Kier alpha value is -0.310. The van der Waals surface area contributed by atoms with E-state index in [4.69, 9.17) is 0 Å². The van der Waals surface area contributed by atoms with E-state index in [-0.39, 0.29) is 35.6 Å². The van der Waals surface area contributed by atoms with Gasteiger partial charge in [-0.15, -0.1) is 30.6 Å². The van der Waals surface area contributed by atoms with Gasteiger partial charge in [0.25, 0.3) is 0 Å². The number of allylic oxidation sites excluding steroid dienone is 1. The highest BCUT2D eigenvalue weighted by Crippen LogP contribution is 2.18. The molecule has 1 unspecified atom stereocenters. The quantitative estimate of drug-likeness (QED) is 0.221. The van der Waals surface area contributed by atoms with Crippen molar-refractivity contribution < 1.29 is 8.42 Å². The molecule has 0 aromatic heterocycles. The third kappa shape index (κ3) is 8.04. The van der Waals surface area contributed by atoms with Crippen molar-refractivity contribution >= 4 is 39.8 Å². The fourth-order valence-electron chi connectivity index (χ4n) is 2.28. The van der Waals surface area contributed by atoms with Gasteiger partial charge in [-0.3, -0.25) is 4.99 Å². The van der Waals surface area contributed by atoms with Crippen LogP contribution in [0.5, 0.6) is 0 Å². The zero-order valence-electron chi connectivity index (χ0n) is 13.0. The van der Waals surface area contributed by atoms with E-state index < -0.39 is 9.84 Å².